The molecule has 3 atom stereocenters. The number of amides is 1. The average molecular weight is 292 g/mol. The van der Waals surface area contributed by atoms with E-state index in [1.54, 1.807) is 11.3 Å². The molecule has 1 saturated heterocycles. The van der Waals surface area contributed by atoms with Crippen molar-refractivity contribution >= 4 is 17.2 Å². The molecule has 1 N–H and O–H groups in total. The number of hydrogen-bond donors (Lipinski definition) is 1. The molecule has 1 aliphatic heterocycles. The maximum Gasteiger partial charge on any atom is 0.238 e. The van der Waals surface area contributed by atoms with E-state index in [1.807, 2.05) is 4.90 Å². The molecule has 110 valence electrons. The Morgan fingerprint density at radius 2 is 2.35 bits per heavy atom. The minimum absolute atomic E-state index is 0.114. The minimum atomic E-state index is 0.114. The molecule has 20 heavy (non-hydrogen) atoms. The summed E-state index contributed by atoms with van der Waals surface area (Å²) >= 11 is 1.73. The normalized spacial score (nSPS) is 30.9. The van der Waals surface area contributed by atoms with E-state index in [1.165, 1.54) is 37.0 Å². The first-order valence-electron chi connectivity index (χ1n) is 7.80. The number of carbonyl (C=O) groups is 1. The molecule has 2 aliphatic rings. The molecule has 3 rings (SSSR count). The molecule has 1 aromatic heterocycles. The molecule has 2 heterocycles. The monoisotopic (exact) mass is 292 g/mol. The summed E-state index contributed by atoms with van der Waals surface area (Å²) in [5.41, 5.74) is 0. The molecule has 0 aromatic carbocycles. The Morgan fingerprint density at radius 3 is 3.10 bits per heavy atom. The third-order valence-electron chi connectivity index (χ3n) is 4.71. The Balaban J connectivity index is 1.58. The fourth-order valence-electron chi connectivity index (χ4n) is 3.64. The van der Waals surface area contributed by atoms with Gasteiger partial charge in [-0.25, -0.2) is 0 Å². The second kappa shape index (κ2) is 6.27. The van der Waals surface area contributed by atoms with Crippen molar-refractivity contribution in [2.24, 2.45) is 11.8 Å². The number of nitrogens with one attached hydrogen (secondary N) is 1. The fourth-order valence-corrected chi connectivity index (χ4v) is 4.45. The van der Waals surface area contributed by atoms with Crippen LogP contribution in [0.5, 0.6) is 0 Å². The van der Waals surface area contributed by atoms with Crippen LogP contribution in [-0.4, -0.2) is 23.9 Å². The number of nitrogens with zero attached hydrogens (tertiary/aromatic N) is 1. The van der Waals surface area contributed by atoms with E-state index in [4.69, 9.17) is 0 Å². The zero-order chi connectivity index (χ0) is 13.9. The lowest BCUT2D eigenvalue weighted by molar-refractivity contribution is -0.128. The van der Waals surface area contributed by atoms with Gasteiger partial charge in [0.1, 0.15) is 6.17 Å². The number of hydrogen-bond acceptors (Lipinski definition) is 3. The van der Waals surface area contributed by atoms with E-state index in [0.717, 1.165) is 18.4 Å². The SMILES string of the molecule is CC1CCCC(CCN2C(=O)CNC2c2cccs2)C1. The molecule has 1 saturated carbocycles. The molecule has 0 bridgehead atoms. The predicted molar refractivity (Wildman–Crippen MR) is 82.5 cm³/mol. The van der Waals surface area contributed by atoms with E-state index in [2.05, 4.69) is 29.8 Å². The van der Waals surface area contributed by atoms with Gasteiger partial charge in [-0.1, -0.05) is 32.3 Å². The Bertz CT molecular complexity index is 445. The van der Waals surface area contributed by atoms with Crippen molar-refractivity contribution in [3.8, 4) is 0 Å². The van der Waals surface area contributed by atoms with Crippen molar-refractivity contribution in [3.63, 3.8) is 0 Å². The predicted octanol–water partition coefficient (Wildman–Crippen LogP) is 3.39. The summed E-state index contributed by atoms with van der Waals surface area (Å²) in [4.78, 5) is 15.4. The van der Waals surface area contributed by atoms with Crippen LogP contribution in [0.25, 0.3) is 0 Å². The van der Waals surface area contributed by atoms with Gasteiger partial charge in [-0.15, -0.1) is 11.3 Å². The lowest BCUT2D eigenvalue weighted by Gasteiger charge is -2.30. The van der Waals surface area contributed by atoms with Crippen LogP contribution in [0, 0.1) is 11.8 Å². The van der Waals surface area contributed by atoms with Gasteiger partial charge in [0.25, 0.3) is 0 Å². The summed E-state index contributed by atoms with van der Waals surface area (Å²) < 4.78 is 0. The maximum absolute atomic E-state index is 12.1. The Morgan fingerprint density at radius 1 is 1.45 bits per heavy atom. The second-order valence-electron chi connectivity index (χ2n) is 6.31. The summed E-state index contributed by atoms with van der Waals surface area (Å²) in [6, 6.07) is 4.18. The zero-order valence-electron chi connectivity index (χ0n) is 12.2. The molecular weight excluding hydrogens is 268 g/mol. The van der Waals surface area contributed by atoms with Crippen LogP contribution in [0.1, 0.15) is 50.1 Å². The average Bonchev–Trinajstić information content (AvgIpc) is 3.06. The summed E-state index contributed by atoms with van der Waals surface area (Å²) in [5.74, 6) is 1.94. The number of thiophene rings is 1. The van der Waals surface area contributed by atoms with Gasteiger partial charge >= 0.3 is 0 Å². The highest BCUT2D eigenvalue weighted by Gasteiger charge is 2.32. The lowest BCUT2D eigenvalue weighted by atomic mass is 9.81. The van der Waals surface area contributed by atoms with Crippen molar-refractivity contribution in [3.05, 3.63) is 22.4 Å². The van der Waals surface area contributed by atoms with E-state index in [0.29, 0.717) is 6.54 Å². The highest BCUT2D eigenvalue weighted by Crippen LogP contribution is 2.32. The van der Waals surface area contributed by atoms with Crippen molar-refractivity contribution in [2.75, 3.05) is 13.1 Å². The van der Waals surface area contributed by atoms with Crippen molar-refractivity contribution in [1.29, 1.82) is 0 Å². The Labute approximate surface area is 125 Å². The van der Waals surface area contributed by atoms with Gasteiger partial charge in [0.15, 0.2) is 0 Å². The molecule has 0 radical (unpaired) electrons. The van der Waals surface area contributed by atoms with Crippen molar-refractivity contribution in [1.82, 2.24) is 10.2 Å². The molecule has 0 spiro atoms. The van der Waals surface area contributed by atoms with Crippen LogP contribution in [0.4, 0.5) is 0 Å². The number of carbonyl (C=O) groups excluding carboxylic acids is 1. The summed E-state index contributed by atoms with van der Waals surface area (Å²) in [6.07, 6.45) is 6.73. The maximum atomic E-state index is 12.1. The quantitative estimate of drug-likeness (QED) is 0.922. The number of rotatable bonds is 4. The molecule has 1 amide bonds. The van der Waals surface area contributed by atoms with Crippen molar-refractivity contribution < 1.29 is 4.79 Å². The molecule has 1 aliphatic carbocycles. The van der Waals surface area contributed by atoms with Gasteiger partial charge in [0.05, 0.1) is 6.54 Å². The molecule has 3 nitrogen and oxygen atoms in total. The van der Waals surface area contributed by atoms with Crippen LogP contribution >= 0.6 is 11.3 Å². The van der Waals surface area contributed by atoms with Crippen LogP contribution in [-0.2, 0) is 4.79 Å². The third kappa shape index (κ3) is 3.07. The highest BCUT2D eigenvalue weighted by atomic mass is 32.1. The summed E-state index contributed by atoms with van der Waals surface area (Å²) in [7, 11) is 0. The topological polar surface area (TPSA) is 32.3 Å². The van der Waals surface area contributed by atoms with Gasteiger partial charge in [-0.2, -0.15) is 0 Å². The minimum Gasteiger partial charge on any atom is -0.321 e. The molecule has 3 unspecified atom stereocenters. The largest absolute Gasteiger partial charge is 0.321 e. The standard InChI is InChI=1S/C16H24N2OS/c1-12-4-2-5-13(10-12)7-8-18-15(19)11-17-16(18)14-6-3-9-20-14/h3,6,9,12-13,16-17H,2,4-5,7-8,10-11H2,1H3. The van der Waals surface area contributed by atoms with Crippen LogP contribution in [0.2, 0.25) is 0 Å². The first-order chi connectivity index (χ1) is 9.74. The summed E-state index contributed by atoms with van der Waals surface area (Å²) in [5, 5.41) is 5.43. The molecule has 4 heteroatoms. The van der Waals surface area contributed by atoms with E-state index in [9.17, 15) is 4.79 Å². The van der Waals surface area contributed by atoms with E-state index >= 15 is 0 Å². The first kappa shape index (κ1) is 14.1. The molecular formula is C16H24N2OS. The van der Waals surface area contributed by atoms with Gasteiger partial charge in [0.2, 0.25) is 5.91 Å². The van der Waals surface area contributed by atoms with Gasteiger partial charge in [-0.3, -0.25) is 10.1 Å². The smallest absolute Gasteiger partial charge is 0.238 e. The zero-order valence-corrected chi connectivity index (χ0v) is 13.0. The van der Waals surface area contributed by atoms with Crippen LogP contribution < -0.4 is 5.32 Å². The van der Waals surface area contributed by atoms with E-state index < -0.39 is 0 Å². The highest BCUT2D eigenvalue weighted by molar-refractivity contribution is 7.10. The Kier molecular flexibility index (Phi) is 4.41. The van der Waals surface area contributed by atoms with Gasteiger partial charge in [-0.05, 0) is 36.1 Å². The van der Waals surface area contributed by atoms with Crippen LogP contribution in [0.15, 0.2) is 17.5 Å². The van der Waals surface area contributed by atoms with Crippen molar-refractivity contribution in [2.45, 2.75) is 45.2 Å². The molecule has 2 fully saturated rings. The third-order valence-corrected chi connectivity index (χ3v) is 5.64. The first-order valence-corrected chi connectivity index (χ1v) is 8.68. The van der Waals surface area contributed by atoms with Gasteiger partial charge in [0, 0.05) is 11.4 Å². The van der Waals surface area contributed by atoms with Crippen LogP contribution in [0.3, 0.4) is 0 Å². The summed E-state index contributed by atoms with van der Waals surface area (Å²) in [6.45, 7) is 3.76. The fraction of sp³-hybridized carbons (Fsp3) is 0.688. The lowest BCUT2D eigenvalue weighted by Crippen LogP contribution is -2.32. The second-order valence-corrected chi connectivity index (χ2v) is 7.29. The van der Waals surface area contributed by atoms with E-state index in [-0.39, 0.29) is 12.1 Å². The van der Waals surface area contributed by atoms with Gasteiger partial charge < -0.3 is 4.90 Å². The molecule has 1 aromatic rings. The Hall–Kier alpha value is -0.870.